The number of hydrogen-bond donors (Lipinski definition) is 3. The Morgan fingerprint density at radius 2 is 2.16 bits per heavy atom. The largest absolute Gasteiger partial charge is 0.446 e. The van der Waals surface area contributed by atoms with Gasteiger partial charge in [0.1, 0.15) is 18.8 Å². The lowest BCUT2D eigenvalue weighted by molar-refractivity contribution is -0.136. The van der Waals surface area contributed by atoms with Crippen LogP contribution in [0.15, 0.2) is 27.6 Å². The highest BCUT2D eigenvalue weighted by Gasteiger charge is 2.36. The van der Waals surface area contributed by atoms with Gasteiger partial charge in [-0.1, -0.05) is 17.3 Å². The molecule has 2 aliphatic rings. The minimum absolute atomic E-state index is 0.0331. The van der Waals surface area contributed by atoms with E-state index < -0.39 is 36.3 Å². The van der Waals surface area contributed by atoms with Crippen LogP contribution in [0.4, 0.5) is 23.2 Å². The number of nitrogens with zero attached hydrogens (tertiary/aromatic N) is 3. The third kappa shape index (κ3) is 5.38. The van der Waals surface area contributed by atoms with Crippen LogP contribution >= 0.6 is 23.1 Å². The Morgan fingerprint density at radius 3 is 2.84 bits per heavy atom. The van der Waals surface area contributed by atoms with Crippen LogP contribution in [0.3, 0.4) is 0 Å². The number of carbonyl (C=O) groups is 2. The normalized spacial score (nSPS) is 22.5. The van der Waals surface area contributed by atoms with E-state index in [1.165, 1.54) is 4.90 Å². The quantitative estimate of drug-likeness (QED) is 0.308. The molecule has 0 bridgehead atoms. The number of fused-ring (bicyclic) bond motifs is 1. The highest BCUT2D eigenvalue weighted by Crippen LogP contribution is 2.50. The van der Waals surface area contributed by atoms with E-state index in [4.69, 9.17) is 9.63 Å². The first-order valence-corrected chi connectivity index (χ1v) is 13.0. The maximum atomic E-state index is 14.9. The third-order valence-electron chi connectivity index (χ3n) is 6.20. The summed E-state index contributed by atoms with van der Waals surface area (Å²) in [6.45, 7) is -0.657. The topological polar surface area (TPSA) is 121 Å². The van der Waals surface area contributed by atoms with Crippen molar-refractivity contribution in [3.63, 3.8) is 0 Å². The number of aromatic nitrogens is 2. The van der Waals surface area contributed by atoms with Crippen molar-refractivity contribution in [3.05, 3.63) is 24.1 Å². The molecule has 198 valence electrons. The number of carbonyl (C=O) groups excluding carboxylic acids is 2. The Morgan fingerprint density at radius 1 is 1.35 bits per heavy atom. The zero-order chi connectivity index (χ0) is 26.3. The SMILES string of the molecule is O=C1CC[C@H](c2nc(-c3sc4c(N[C@@H]5CCN(C(=O)CO)C[C@@H]5F)cccc4c3SC(F)(F)F)no2)N1. The number of hydrogen-bond acceptors (Lipinski definition) is 9. The van der Waals surface area contributed by atoms with Crippen molar-refractivity contribution in [2.75, 3.05) is 25.0 Å². The molecule has 3 aromatic rings. The molecule has 0 spiro atoms. The van der Waals surface area contributed by atoms with Gasteiger partial charge in [-0.2, -0.15) is 18.2 Å². The molecule has 9 nitrogen and oxygen atoms in total. The molecule has 1 aromatic carbocycles. The van der Waals surface area contributed by atoms with E-state index in [9.17, 15) is 27.2 Å². The monoisotopic (exact) mass is 559 g/mol. The number of benzene rings is 1. The van der Waals surface area contributed by atoms with Crippen molar-refractivity contribution >= 4 is 50.7 Å². The average molecular weight is 560 g/mol. The zero-order valence-corrected chi connectivity index (χ0v) is 20.7. The second kappa shape index (κ2) is 10.1. The van der Waals surface area contributed by atoms with Gasteiger partial charge in [0.25, 0.3) is 0 Å². The fraction of sp³-hybridized carbons (Fsp3) is 0.455. The van der Waals surface area contributed by atoms with E-state index in [0.717, 1.165) is 11.3 Å². The number of aliphatic hydroxyl groups excluding tert-OH is 1. The molecule has 5 rings (SSSR count). The molecule has 3 N–H and O–H groups in total. The summed E-state index contributed by atoms with van der Waals surface area (Å²) in [6.07, 6.45) is -0.451. The van der Waals surface area contributed by atoms with Crippen LogP contribution in [0, 0.1) is 0 Å². The number of halogens is 4. The van der Waals surface area contributed by atoms with Crippen molar-refractivity contribution in [2.24, 2.45) is 0 Å². The molecular weight excluding hydrogens is 538 g/mol. The Labute approximate surface area is 215 Å². The van der Waals surface area contributed by atoms with Gasteiger partial charge in [-0.15, -0.1) is 11.3 Å². The maximum absolute atomic E-state index is 14.9. The highest BCUT2D eigenvalue weighted by atomic mass is 32.2. The summed E-state index contributed by atoms with van der Waals surface area (Å²) < 4.78 is 61.2. The van der Waals surface area contributed by atoms with Crippen molar-refractivity contribution in [1.82, 2.24) is 20.4 Å². The predicted octanol–water partition coefficient (Wildman–Crippen LogP) is 3.86. The average Bonchev–Trinajstić information content (AvgIpc) is 3.58. The number of anilines is 1. The maximum Gasteiger partial charge on any atom is 0.446 e. The Kier molecular flexibility index (Phi) is 7.02. The molecule has 2 aromatic heterocycles. The number of piperidine rings is 1. The lowest BCUT2D eigenvalue weighted by atomic mass is 10.0. The smallest absolute Gasteiger partial charge is 0.387 e. The molecule has 0 radical (unpaired) electrons. The van der Waals surface area contributed by atoms with Gasteiger partial charge in [-0.05, 0) is 30.7 Å². The molecule has 15 heteroatoms. The lowest BCUT2D eigenvalue weighted by Crippen LogP contribution is -2.50. The van der Waals surface area contributed by atoms with Gasteiger partial charge < -0.3 is 25.2 Å². The van der Waals surface area contributed by atoms with E-state index in [-0.39, 0.29) is 65.1 Å². The Hall–Kier alpha value is -2.91. The molecule has 4 heterocycles. The standard InChI is InChI=1S/C22H21F4N5O4S2/c23-11-8-31(16(34)9-32)7-6-12(11)27-13-3-1-2-10-17(13)36-19(18(10)37-22(24,25)26)20-29-21(35-30-20)14-4-5-15(33)28-14/h1-3,11-12,14,27,32H,4-9H2,(H,28,33)/t11-,12+,14+/m0/s1. The molecule has 3 atom stereocenters. The minimum atomic E-state index is -4.59. The van der Waals surface area contributed by atoms with E-state index in [0.29, 0.717) is 22.2 Å². The number of thiophene rings is 1. The van der Waals surface area contributed by atoms with Gasteiger partial charge in [-0.25, -0.2) is 4.39 Å². The number of alkyl halides is 4. The minimum Gasteiger partial charge on any atom is -0.387 e. The second-order valence-electron chi connectivity index (χ2n) is 8.66. The van der Waals surface area contributed by atoms with Gasteiger partial charge in [0.2, 0.25) is 23.5 Å². The van der Waals surface area contributed by atoms with Gasteiger partial charge in [0.05, 0.1) is 27.9 Å². The van der Waals surface area contributed by atoms with E-state index >= 15 is 0 Å². The van der Waals surface area contributed by atoms with E-state index in [1.807, 2.05) is 0 Å². The number of likely N-dealkylation sites (tertiary alicyclic amines) is 1. The number of nitrogens with one attached hydrogen (secondary N) is 2. The van der Waals surface area contributed by atoms with Crippen molar-refractivity contribution in [3.8, 4) is 10.7 Å². The van der Waals surface area contributed by atoms with Crippen LogP contribution in [-0.2, 0) is 9.59 Å². The second-order valence-corrected chi connectivity index (χ2v) is 10.8. The van der Waals surface area contributed by atoms with Gasteiger partial charge in [0.15, 0.2) is 0 Å². The van der Waals surface area contributed by atoms with Gasteiger partial charge in [0, 0.05) is 23.2 Å². The summed E-state index contributed by atoms with van der Waals surface area (Å²) in [7, 11) is 0. The number of rotatable bonds is 6. The first kappa shape index (κ1) is 25.7. The zero-order valence-electron chi connectivity index (χ0n) is 19.0. The van der Waals surface area contributed by atoms with Gasteiger partial charge in [-0.3, -0.25) is 9.59 Å². The summed E-state index contributed by atoms with van der Waals surface area (Å²) in [5.41, 5.74) is -4.15. The molecule has 2 saturated heterocycles. The first-order valence-electron chi connectivity index (χ1n) is 11.4. The highest BCUT2D eigenvalue weighted by molar-refractivity contribution is 8.00. The van der Waals surface area contributed by atoms with Crippen LogP contribution in [0.2, 0.25) is 0 Å². The molecule has 2 aliphatic heterocycles. The van der Waals surface area contributed by atoms with Crippen LogP contribution < -0.4 is 10.6 Å². The molecule has 0 unspecified atom stereocenters. The number of amides is 2. The van der Waals surface area contributed by atoms with Crippen molar-refractivity contribution in [2.45, 2.75) is 47.9 Å². The summed E-state index contributed by atoms with van der Waals surface area (Å²) in [6, 6.07) is 3.60. The summed E-state index contributed by atoms with van der Waals surface area (Å²) in [4.78, 5) is 28.8. The van der Waals surface area contributed by atoms with Crippen LogP contribution in [0.1, 0.15) is 31.2 Å². The van der Waals surface area contributed by atoms with E-state index in [2.05, 4.69) is 20.8 Å². The molecule has 2 fully saturated rings. The molecule has 0 aliphatic carbocycles. The fourth-order valence-electron chi connectivity index (χ4n) is 4.44. The summed E-state index contributed by atoms with van der Waals surface area (Å²) in [5, 5.41) is 19.0. The Balaban J connectivity index is 1.48. The number of thioether (sulfide) groups is 1. The van der Waals surface area contributed by atoms with Crippen LogP contribution in [0.5, 0.6) is 0 Å². The predicted molar refractivity (Wildman–Crippen MR) is 128 cm³/mol. The van der Waals surface area contributed by atoms with Gasteiger partial charge >= 0.3 is 5.51 Å². The van der Waals surface area contributed by atoms with E-state index in [1.54, 1.807) is 18.2 Å². The molecular formula is C22H21F4N5O4S2. The first-order chi connectivity index (χ1) is 17.6. The molecule has 2 amide bonds. The molecule has 0 saturated carbocycles. The summed E-state index contributed by atoms with van der Waals surface area (Å²) in [5.74, 6) is -0.650. The lowest BCUT2D eigenvalue weighted by Gasteiger charge is -2.35. The molecule has 37 heavy (non-hydrogen) atoms. The number of aliphatic hydroxyl groups is 1. The fourth-order valence-corrected chi connectivity index (χ4v) is 6.54. The van der Waals surface area contributed by atoms with Crippen molar-refractivity contribution in [1.29, 1.82) is 0 Å². The summed E-state index contributed by atoms with van der Waals surface area (Å²) >= 11 is 0.735. The Bertz CT molecular complexity index is 1330. The third-order valence-corrected chi connectivity index (χ3v) is 8.42. The van der Waals surface area contributed by atoms with Crippen molar-refractivity contribution < 1.29 is 36.8 Å². The van der Waals surface area contributed by atoms with Crippen LogP contribution in [0.25, 0.3) is 20.8 Å². The van der Waals surface area contributed by atoms with Crippen LogP contribution in [-0.4, -0.2) is 69.4 Å².